The molecule has 5 rings (SSSR count). The predicted octanol–water partition coefficient (Wildman–Crippen LogP) is 2.82. The summed E-state index contributed by atoms with van der Waals surface area (Å²) in [6.45, 7) is 2.23. The van der Waals surface area contributed by atoms with Crippen LogP contribution < -0.4 is 13.6 Å². The SMILES string of the molecule is COc1ccc([N+]2(S(C)(=O)=O)N=CC3=C2C(=O)N(c2ccc(-n4ccnc4CN(C)C(C)=O)cc2)CC3)cc1. The van der Waals surface area contributed by atoms with E-state index in [2.05, 4.69) is 10.1 Å². The number of nitrogens with zero attached hydrogens (tertiary/aromatic N) is 6. The number of imidazole rings is 1. The van der Waals surface area contributed by atoms with E-state index in [1.54, 1.807) is 47.3 Å². The molecule has 2 amide bonds. The molecule has 0 aliphatic carbocycles. The monoisotopic (exact) mass is 549 g/mol. The number of amides is 2. The largest absolute Gasteiger partial charge is 0.497 e. The molecule has 2 aliphatic rings. The van der Waals surface area contributed by atoms with Gasteiger partial charge in [0, 0.05) is 62.0 Å². The molecule has 1 atom stereocenters. The van der Waals surface area contributed by atoms with Gasteiger partial charge in [0.2, 0.25) is 5.91 Å². The second kappa shape index (κ2) is 9.79. The fraction of sp³-hybridized carbons (Fsp3) is 0.259. The van der Waals surface area contributed by atoms with Gasteiger partial charge < -0.3 is 19.1 Å². The van der Waals surface area contributed by atoms with Gasteiger partial charge in [0.15, 0.2) is 5.69 Å². The average Bonchev–Trinajstić information content (AvgIpc) is 3.55. The molecular formula is C27H29N6O5S+. The maximum absolute atomic E-state index is 13.9. The highest BCUT2D eigenvalue weighted by Gasteiger charge is 2.56. The van der Waals surface area contributed by atoms with Crippen molar-refractivity contribution >= 4 is 39.4 Å². The number of sulfonamides is 1. The summed E-state index contributed by atoms with van der Waals surface area (Å²) in [7, 11) is -0.712. The third kappa shape index (κ3) is 4.41. The van der Waals surface area contributed by atoms with Crippen molar-refractivity contribution in [3.05, 3.63) is 78.0 Å². The number of hydrogen-bond acceptors (Lipinski definition) is 7. The van der Waals surface area contributed by atoms with Gasteiger partial charge in [-0.25, -0.2) is 4.98 Å². The molecule has 3 aromatic rings. The Kier molecular flexibility index (Phi) is 6.60. The number of hydrogen-bond donors (Lipinski definition) is 0. The van der Waals surface area contributed by atoms with Crippen LogP contribution in [0.25, 0.3) is 5.69 Å². The molecular weight excluding hydrogens is 520 g/mol. The Bertz CT molecular complexity index is 1610. The topological polar surface area (TPSA) is 114 Å². The Labute approximate surface area is 226 Å². The lowest BCUT2D eigenvalue weighted by Crippen LogP contribution is -2.53. The maximum atomic E-state index is 13.9. The van der Waals surface area contributed by atoms with E-state index in [0.717, 1.165) is 11.9 Å². The van der Waals surface area contributed by atoms with Crippen molar-refractivity contribution in [2.24, 2.45) is 5.10 Å². The Morgan fingerprint density at radius 3 is 2.38 bits per heavy atom. The predicted molar refractivity (Wildman–Crippen MR) is 148 cm³/mol. The van der Waals surface area contributed by atoms with E-state index in [1.165, 1.54) is 20.2 Å². The smallest absolute Gasteiger partial charge is 0.328 e. The van der Waals surface area contributed by atoms with Gasteiger partial charge >= 0.3 is 15.9 Å². The molecule has 202 valence electrons. The van der Waals surface area contributed by atoms with Gasteiger partial charge in [-0.1, -0.05) is 5.10 Å². The van der Waals surface area contributed by atoms with Gasteiger partial charge in [0.05, 0.1) is 26.1 Å². The normalized spacial score (nSPS) is 18.9. The van der Waals surface area contributed by atoms with E-state index < -0.39 is 19.9 Å². The van der Waals surface area contributed by atoms with Crippen LogP contribution in [0, 0.1) is 0 Å². The van der Waals surface area contributed by atoms with Gasteiger partial charge in [-0.3, -0.25) is 9.59 Å². The summed E-state index contributed by atoms with van der Waals surface area (Å²) in [6, 6.07) is 13.9. The molecule has 2 aromatic carbocycles. The summed E-state index contributed by atoms with van der Waals surface area (Å²) in [4.78, 5) is 33.1. The molecule has 3 heterocycles. The van der Waals surface area contributed by atoms with Crippen molar-refractivity contribution in [1.82, 2.24) is 18.4 Å². The van der Waals surface area contributed by atoms with Crippen molar-refractivity contribution in [1.29, 1.82) is 0 Å². The quantitative estimate of drug-likeness (QED) is 0.419. The number of methoxy groups -OCH3 is 1. The molecule has 0 N–H and O–H groups in total. The molecule has 0 saturated heterocycles. The van der Waals surface area contributed by atoms with Crippen LogP contribution >= 0.6 is 0 Å². The molecule has 0 bridgehead atoms. The van der Waals surface area contributed by atoms with E-state index in [1.807, 2.05) is 35.0 Å². The molecule has 0 spiro atoms. The standard InChI is InChI=1S/C27H29N6O5S/c1-19(34)30(2)18-25-28-14-16-31(25)21-5-7-22(8-6-21)32-15-13-20-17-29-33(39(4,36)37,26(20)27(32)35)23-9-11-24(38-3)12-10-23/h5-12,14,16-17H,13,15,18H2,1-4H3/q+1. The summed E-state index contributed by atoms with van der Waals surface area (Å²) in [5.41, 5.74) is 2.48. The first kappa shape index (κ1) is 26.3. The lowest BCUT2D eigenvalue weighted by Gasteiger charge is -2.33. The Hall–Kier alpha value is -4.29. The minimum absolute atomic E-state index is 0.0636. The molecule has 11 nitrogen and oxygen atoms in total. The second-order valence-corrected chi connectivity index (χ2v) is 11.4. The van der Waals surface area contributed by atoms with Gasteiger partial charge in [-0.05, 0) is 46.8 Å². The van der Waals surface area contributed by atoms with E-state index in [4.69, 9.17) is 4.74 Å². The molecule has 1 aromatic heterocycles. The lowest BCUT2D eigenvalue weighted by molar-refractivity contribution is -0.128. The highest BCUT2D eigenvalue weighted by atomic mass is 32.2. The van der Waals surface area contributed by atoms with Crippen molar-refractivity contribution in [3.63, 3.8) is 0 Å². The van der Waals surface area contributed by atoms with Crippen molar-refractivity contribution in [2.45, 2.75) is 19.9 Å². The van der Waals surface area contributed by atoms with Crippen LogP contribution in [0.4, 0.5) is 11.4 Å². The van der Waals surface area contributed by atoms with Gasteiger partial charge in [-0.15, -0.1) is 0 Å². The first-order valence-electron chi connectivity index (χ1n) is 12.3. The second-order valence-electron chi connectivity index (χ2n) is 9.44. The summed E-state index contributed by atoms with van der Waals surface area (Å²) >= 11 is 0. The molecule has 2 aliphatic heterocycles. The highest BCUT2D eigenvalue weighted by molar-refractivity contribution is 7.90. The highest BCUT2D eigenvalue weighted by Crippen LogP contribution is 2.42. The average molecular weight is 550 g/mol. The third-order valence-corrected chi connectivity index (χ3v) is 8.46. The third-order valence-electron chi connectivity index (χ3n) is 7.01. The molecule has 0 radical (unpaired) electrons. The number of carbonyl (C=O) groups is 2. The molecule has 12 heteroatoms. The number of anilines is 1. The van der Waals surface area contributed by atoms with E-state index >= 15 is 0 Å². The fourth-order valence-corrected chi connectivity index (χ4v) is 6.10. The summed E-state index contributed by atoms with van der Waals surface area (Å²) < 4.78 is 32.7. The number of aromatic nitrogens is 2. The zero-order valence-corrected chi connectivity index (χ0v) is 22.9. The van der Waals surface area contributed by atoms with Crippen molar-refractivity contribution in [3.8, 4) is 11.4 Å². The van der Waals surface area contributed by atoms with Gasteiger partial charge in [-0.2, -0.15) is 8.42 Å². The minimum atomic E-state index is -3.95. The van der Waals surface area contributed by atoms with Crippen LogP contribution in [0.1, 0.15) is 19.2 Å². The molecule has 0 saturated carbocycles. The van der Waals surface area contributed by atoms with Crippen LogP contribution in [0.3, 0.4) is 0 Å². The Morgan fingerprint density at radius 2 is 1.77 bits per heavy atom. The molecule has 0 fully saturated rings. The van der Waals surface area contributed by atoms with Crippen molar-refractivity contribution in [2.75, 3.05) is 31.9 Å². The summed E-state index contributed by atoms with van der Waals surface area (Å²) in [5, 5.41) is 4.40. The van der Waals surface area contributed by atoms with Crippen LogP contribution in [-0.2, 0) is 26.2 Å². The number of rotatable bonds is 7. The fourth-order valence-electron chi connectivity index (χ4n) is 4.85. The van der Waals surface area contributed by atoms with Crippen LogP contribution in [0.5, 0.6) is 5.75 Å². The number of benzene rings is 2. The zero-order valence-electron chi connectivity index (χ0n) is 22.1. The summed E-state index contributed by atoms with van der Waals surface area (Å²) in [5.74, 6) is 0.774. The number of ether oxygens (including phenoxy) is 1. The van der Waals surface area contributed by atoms with E-state index in [9.17, 15) is 18.0 Å². The Balaban J connectivity index is 1.47. The van der Waals surface area contributed by atoms with E-state index in [-0.39, 0.29) is 11.6 Å². The Morgan fingerprint density at radius 1 is 1.10 bits per heavy atom. The van der Waals surface area contributed by atoms with Crippen LogP contribution in [0.15, 0.2) is 77.3 Å². The van der Waals surface area contributed by atoms with Gasteiger partial charge in [0.25, 0.3) is 5.70 Å². The summed E-state index contributed by atoms with van der Waals surface area (Å²) in [6.07, 6.45) is 6.52. The first-order chi connectivity index (χ1) is 18.6. The van der Waals surface area contributed by atoms with Crippen LogP contribution in [-0.4, -0.2) is 67.9 Å². The van der Waals surface area contributed by atoms with Crippen LogP contribution in [0.2, 0.25) is 0 Å². The maximum Gasteiger partial charge on any atom is 0.328 e. The lowest BCUT2D eigenvalue weighted by atomic mass is 10.0. The molecule has 1 unspecified atom stereocenters. The number of quaternary nitrogens is 1. The number of carbonyl (C=O) groups excluding carboxylic acids is 2. The molecule has 39 heavy (non-hydrogen) atoms. The zero-order chi connectivity index (χ0) is 27.9. The first-order valence-corrected chi connectivity index (χ1v) is 14.1. The van der Waals surface area contributed by atoms with Gasteiger partial charge in [0.1, 0.15) is 11.6 Å². The minimum Gasteiger partial charge on any atom is -0.497 e. The van der Waals surface area contributed by atoms with E-state index in [0.29, 0.717) is 48.0 Å². The van der Waals surface area contributed by atoms with Crippen molar-refractivity contribution < 1.29 is 22.7 Å².